The number of para-hydroxylation sites is 1. The van der Waals surface area contributed by atoms with Gasteiger partial charge in [0.15, 0.2) is 12.4 Å². The summed E-state index contributed by atoms with van der Waals surface area (Å²) in [6.45, 7) is 0.518. The van der Waals surface area contributed by atoms with Crippen LogP contribution >= 0.6 is 0 Å². The lowest BCUT2D eigenvalue weighted by molar-refractivity contribution is -0.123. The van der Waals surface area contributed by atoms with Gasteiger partial charge in [-0.3, -0.25) is 14.3 Å². The smallest absolute Gasteiger partial charge is 0.346 e. The van der Waals surface area contributed by atoms with Crippen LogP contribution in [0, 0.1) is 0 Å². The van der Waals surface area contributed by atoms with Crippen molar-refractivity contribution >= 4 is 5.91 Å². The van der Waals surface area contributed by atoms with Gasteiger partial charge in [-0.15, -0.1) is 5.10 Å². The number of carbonyl (C=O) groups is 1. The van der Waals surface area contributed by atoms with E-state index in [-0.39, 0.29) is 24.2 Å². The Kier molecular flexibility index (Phi) is 5.18. The minimum Gasteiger partial charge on any atom is -0.484 e. The van der Waals surface area contributed by atoms with Crippen LogP contribution in [0.3, 0.4) is 0 Å². The van der Waals surface area contributed by atoms with E-state index in [1.807, 2.05) is 30.3 Å². The lowest BCUT2D eigenvalue weighted by Crippen LogP contribution is -2.34. The normalized spacial score (nSPS) is 13.3. The zero-order valence-electron chi connectivity index (χ0n) is 15.3. The Morgan fingerprint density at radius 2 is 2.00 bits per heavy atom. The van der Waals surface area contributed by atoms with E-state index in [2.05, 4.69) is 15.4 Å². The third-order valence-electron chi connectivity index (χ3n) is 4.46. The highest BCUT2D eigenvalue weighted by molar-refractivity contribution is 5.77. The second-order valence-corrected chi connectivity index (χ2v) is 6.62. The van der Waals surface area contributed by atoms with Crippen LogP contribution in [0.15, 0.2) is 59.7 Å². The first-order valence-electron chi connectivity index (χ1n) is 9.26. The van der Waals surface area contributed by atoms with Crippen molar-refractivity contribution in [3.05, 3.63) is 65.3 Å². The van der Waals surface area contributed by atoms with E-state index >= 15 is 0 Å². The van der Waals surface area contributed by atoms with Gasteiger partial charge >= 0.3 is 5.69 Å². The molecule has 0 unspecified atom stereocenters. The summed E-state index contributed by atoms with van der Waals surface area (Å²) in [5, 5.41) is 7.23. The molecule has 4 rings (SSSR count). The maximum absolute atomic E-state index is 12.7. The van der Waals surface area contributed by atoms with Crippen molar-refractivity contribution in [2.45, 2.75) is 25.4 Å². The van der Waals surface area contributed by atoms with Gasteiger partial charge in [0.1, 0.15) is 5.75 Å². The summed E-state index contributed by atoms with van der Waals surface area (Å²) in [4.78, 5) is 28.8. The van der Waals surface area contributed by atoms with E-state index in [1.54, 1.807) is 29.1 Å². The molecular weight excluding hydrogens is 358 g/mol. The van der Waals surface area contributed by atoms with Crippen LogP contribution in [0.25, 0.3) is 11.4 Å². The number of aromatic nitrogens is 4. The summed E-state index contributed by atoms with van der Waals surface area (Å²) in [6, 6.07) is 13.1. The molecule has 0 spiro atoms. The molecule has 1 aromatic carbocycles. The Labute approximate surface area is 161 Å². The van der Waals surface area contributed by atoms with Gasteiger partial charge in [-0.1, -0.05) is 18.2 Å². The molecule has 0 bridgehead atoms. The lowest BCUT2D eigenvalue weighted by Gasteiger charge is -2.07. The number of pyridine rings is 1. The van der Waals surface area contributed by atoms with Crippen LogP contribution in [0.1, 0.15) is 18.9 Å². The maximum Gasteiger partial charge on any atom is 0.346 e. The maximum atomic E-state index is 12.7. The van der Waals surface area contributed by atoms with Crippen molar-refractivity contribution in [2.75, 3.05) is 13.2 Å². The molecule has 2 aromatic heterocycles. The molecule has 8 heteroatoms. The molecule has 0 aliphatic heterocycles. The Bertz CT molecular complexity index is 994. The van der Waals surface area contributed by atoms with E-state index in [0.29, 0.717) is 24.7 Å². The first kappa shape index (κ1) is 18.0. The fourth-order valence-electron chi connectivity index (χ4n) is 2.94. The van der Waals surface area contributed by atoms with Crippen LogP contribution in [-0.4, -0.2) is 38.4 Å². The first-order valence-corrected chi connectivity index (χ1v) is 9.26. The highest BCUT2D eigenvalue weighted by Crippen LogP contribution is 2.36. The zero-order valence-corrected chi connectivity index (χ0v) is 15.3. The van der Waals surface area contributed by atoms with Gasteiger partial charge in [0.2, 0.25) is 0 Å². The third kappa shape index (κ3) is 4.11. The van der Waals surface area contributed by atoms with Crippen molar-refractivity contribution in [2.24, 2.45) is 0 Å². The summed E-state index contributed by atoms with van der Waals surface area (Å²) in [5.74, 6) is 1.02. The number of nitrogens with zero attached hydrogens (tertiary/aromatic N) is 4. The van der Waals surface area contributed by atoms with Gasteiger partial charge < -0.3 is 10.1 Å². The summed E-state index contributed by atoms with van der Waals surface area (Å²) in [5.41, 5.74) is 0.654. The molecule has 0 atom stereocenters. The second-order valence-electron chi connectivity index (χ2n) is 6.62. The zero-order chi connectivity index (χ0) is 19.3. The number of hydrogen-bond donors (Lipinski definition) is 1. The third-order valence-corrected chi connectivity index (χ3v) is 4.46. The monoisotopic (exact) mass is 379 g/mol. The van der Waals surface area contributed by atoms with Gasteiger partial charge in [-0.2, -0.15) is 0 Å². The molecule has 1 aliphatic rings. The van der Waals surface area contributed by atoms with Crippen molar-refractivity contribution < 1.29 is 9.53 Å². The highest BCUT2D eigenvalue weighted by Gasteiger charge is 2.30. The molecule has 1 aliphatic carbocycles. The van der Waals surface area contributed by atoms with E-state index in [4.69, 9.17) is 4.74 Å². The van der Waals surface area contributed by atoms with Crippen molar-refractivity contribution in [1.29, 1.82) is 0 Å². The Hall–Kier alpha value is -3.42. The molecule has 1 saturated carbocycles. The summed E-state index contributed by atoms with van der Waals surface area (Å²) >= 11 is 0. The fourth-order valence-corrected chi connectivity index (χ4v) is 2.94. The van der Waals surface area contributed by atoms with Crippen LogP contribution in [0.4, 0.5) is 0 Å². The molecule has 144 valence electrons. The van der Waals surface area contributed by atoms with Gasteiger partial charge in [-0.05, 0) is 37.1 Å². The first-order chi connectivity index (χ1) is 13.7. The van der Waals surface area contributed by atoms with Gasteiger partial charge in [-0.25, -0.2) is 9.48 Å². The van der Waals surface area contributed by atoms with Gasteiger partial charge in [0, 0.05) is 30.5 Å². The van der Waals surface area contributed by atoms with Crippen molar-refractivity contribution in [3.8, 4) is 17.1 Å². The molecule has 1 N–H and O–H groups in total. The topological polar surface area (TPSA) is 91.0 Å². The number of ether oxygens (including phenoxy) is 1. The van der Waals surface area contributed by atoms with Crippen molar-refractivity contribution in [3.63, 3.8) is 0 Å². The van der Waals surface area contributed by atoms with Gasteiger partial charge in [0.05, 0.1) is 6.54 Å². The number of carbonyl (C=O) groups excluding carboxylic acids is 1. The Balaban J connectivity index is 1.37. The molecule has 0 radical (unpaired) electrons. The molecular formula is C20H21N5O3. The molecule has 2 heterocycles. The van der Waals surface area contributed by atoms with E-state index in [0.717, 1.165) is 18.4 Å². The minimum atomic E-state index is -0.244. The van der Waals surface area contributed by atoms with E-state index in [1.165, 1.54) is 4.68 Å². The standard InChI is InChI=1S/C20H21N5O3/c26-18(14-28-17-6-2-1-3-7-17)22-11-12-24-20(27)25(16-8-9-16)19(23-24)15-5-4-10-21-13-15/h1-7,10,13,16H,8-9,11-12,14H2,(H,22,26). The predicted molar refractivity (Wildman–Crippen MR) is 103 cm³/mol. The summed E-state index contributed by atoms with van der Waals surface area (Å²) in [6.07, 6.45) is 5.35. The number of rotatable bonds is 8. The largest absolute Gasteiger partial charge is 0.484 e. The number of benzene rings is 1. The molecule has 1 amide bonds. The minimum absolute atomic E-state index is 0.0731. The summed E-state index contributed by atoms with van der Waals surface area (Å²) in [7, 11) is 0. The quantitative estimate of drug-likeness (QED) is 0.642. The average Bonchev–Trinajstić information content (AvgIpc) is 3.52. The molecule has 8 nitrogen and oxygen atoms in total. The SMILES string of the molecule is O=C(COc1ccccc1)NCCn1nc(-c2cccnc2)n(C2CC2)c1=O. The average molecular weight is 379 g/mol. The molecule has 3 aromatic rings. The molecule has 28 heavy (non-hydrogen) atoms. The van der Waals surface area contributed by atoms with Crippen LogP contribution in [-0.2, 0) is 11.3 Å². The molecule has 0 saturated heterocycles. The number of hydrogen-bond acceptors (Lipinski definition) is 5. The van der Waals surface area contributed by atoms with Crippen LogP contribution in [0.2, 0.25) is 0 Å². The van der Waals surface area contributed by atoms with Gasteiger partial charge in [0.25, 0.3) is 5.91 Å². The lowest BCUT2D eigenvalue weighted by atomic mass is 10.3. The van der Waals surface area contributed by atoms with E-state index < -0.39 is 0 Å². The van der Waals surface area contributed by atoms with Crippen LogP contribution < -0.4 is 15.7 Å². The highest BCUT2D eigenvalue weighted by atomic mass is 16.5. The van der Waals surface area contributed by atoms with E-state index in [9.17, 15) is 9.59 Å². The molecule has 1 fully saturated rings. The van der Waals surface area contributed by atoms with Crippen molar-refractivity contribution in [1.82, 2.24) is 24.6 Å². The fraction of sp³-hybridized carbons (Fsp3) is 0.300. The number of nitrogens with one attached hydrogen (secondary N) is 1. The second kappa shape index (κ2) is 8.08. The predicted octanol–water partition coefficient (Wildman–Crippen LogP) is 1.64. The Morgan fingerprint density at radius 1 is 1.18 bits per heavy atom. The van der Waals surface area contributed by atoms with Crippen LogP contribution in [0.5, 0.6) is 5.75 Å². The number of amides is 1. The summed E-state index contributed by atoms with van der Waals surface area (Å²) < 4.78 is 8.54. The Morgan fingerprint density at radius 3 is 2.71 bits per heavy atom.